The molecule has 5 heteroatoms. The Bertz CT molecular complexity index is 639. The smallest absolute Gasteiger partial charge is 0.413 e. The minimum absolute atomic E-state index is 0.237. The van der Waals surface area contributed by atoms with Crippen molar-refractivity contribution in [1.29, 1.82) is 0 Å². The number of hydrogen-bond donors (Lipinski definition) is 2. The summed E-state index contributed by atoms with van der Waals surface area (Å²) < 4.78 is 0. The summed E-state index contributed by atoms with van der Waals surface area (Å²) in [6, 6.07) is 0. The zero-order valence-electron chi connectivity index (χ0n) is 19.0. The van der Waals surface area contributed by atoms with Gasteiger partial charge in [0, 0.05) is 18.3 Å². The van der Waals surface area contributed by atoms with Gasteiger partial charge in [0.2, 0.25) is 0 Å². The van der Waals surface area contributed by atoms with Crippen molar-refractivity contribution >= 4 is 12.3 Å². The SMILES string of the molecule is CC=C(/N=C\C(=C(C)CC)C(C)(C)O)N(CC1CC(C)CC(C)(C)C1)C(=O)O. The van der Waals surface area contributed by atoms with E-state index in [4.69, 9.17) is 0 Å². The largest absolute Gasteiger partial charge is 0.465 e. The molecule has 1 rings (SSSR count). The van der Waals surface area contributed by atoms with Crippen molar-refractivity contribution in [3.05, 3.63) is 23.0 Å². The summed E-state index contributed by atoms with van der Waals surface area (Å²) in [5, 5.41) is 20.3. The van der Waals surface area contributed by atoms with Gasteiger partial charge in [0.25, 0.3) is 0 Å². The van der Waals surface area contributed by atoms with Crippen LogP contribution in [-0.4, -0.2) is 39.6 Å². The molecule has 0 saturated heterocycles. The van der Waals surface area contributed by atoms with E-state index in [0.29, 0.717) is 24.2 Å². The van der Waals surface area contributed by atoms with Gasteiger partial charge < -0.3 is 10.2 Å². The monoisotopic (exact) mass is 392 g/mol. The minimum atomic E-state index is -1.03. The molecular weight excluding hydrogens is 352 g/mol. The molecule has 0 heterocycles. The number of amides is 1. The van der Waals surface area contributed by atoms with Gasteiger partial charge in [0.1, 0.15) is 5.82 Å². The van der Waals surface area contributed by atoms with Crippen LogP contribution in [0.2, 0.25) is 0 Å². The van der Waals surface area contributed by atoms with Crippen LogP contribution in [0.3, 0.4) is 0 Å². The molecule has 0 radical (unpaired) electrons. The number of allylic oxidation sites excluding steroid dienone is 2. The Kier molecular flexibility index (Phi) is 8.48. The molecule has 1 aliphatic rings. The molecule has 2 atom stereocenters. The summed E-state index contributed by atoms with van der Waals surface area (Å²) in [6.45, 7) is 16.5. The zero-order chi connectivity index (χ0) is 21.7. The topological polar surface area (TPSA) is 73.1 Å². The Hall–Kier alpha value is -1.62. The van der Waals surface area contributed by atoms with E-state index in [1.54, 1.807) is 33.1 Å². The highest BCUT2D eigenvalue weighted by Gasteiger charge is 2.34. The first-order chi connectivity index (χ1) is 12.8. The first kappa shape index (κ1) is 24.4. The van der Waals surface area contributed by atoms with Crippen molar-refractivity contribution in [2.24, 2.45) is 22.2 Å². The Morgan fingerprint density at radius 3 is 2.36 bits per heavy atom. The third kappa shape index (κ3) is 7.08. The number of nitrogens with zero attached hydrogens (tertiary/aromatic N) is 2. The molecule has 0 bridgehead atoms. The van der Waals surface area contributed by atoms with Crippen LogP contribution in [0.15, 0.2) is 28.0 Å². The minimum Gasteiger partial charge on any atom is -0.465 e. The first-order valence-corrected chi connectivity index (χ1v) is 10.4. The molecule has 1 aliphatic carbocycles. The van der Waals surface area contributed by atoms with Crippen molar-refractivity contribution in [2.75, 3.05) is 6.54 Å². The normalized spacial score (nSPS) is 24.2. The van der Waals surface area contributed by atoms with Gasteiger partial charge in [-0.05, 0) is 76.7 Å². The van der Waals surface area contributed by atoms with Gasteiger partial charge in [-0.2, -0.15) is 0 Å². The van der Waals surface area contributed by atoms with Crippen LogP contribution in [0.4, 0.5) is 4.79 Å². The summed E-state index contributed by atoms with van der Waals surface area (Å²) in [7, 11) is 0. The van der Waals surface area contributed by atoms with E-state index in [1.807, 2.05) is 13.8 Å². The fourth-order valence-corrected chi connectivity index (χ4v) is 4.62. The lowest BCUT2D eigenvalue weighted by Crippen LogP contribution is -2.38. The third-order valence-corrected chi connectivity index (χ3v) is 5.66. The molecule has 0 aromatic rings. The second-order valence-electron chi connectivity index (χ2n) is 9.68. The maximum atomic E-state index is 12.0. The third-order valence-electron chi connectivity index (χ3n) is 5.66. The molecule has 0 spiro atoms. The van der Waals surface area contributed by atoms with Gasteiger partial charge in [-0.25, -0.2) is 9.79 Å². The average molecular weight is 393 g/mol. The highest BCUT2D eigenvalue weighted by molar-refractivity contribution is 5.83. The van der Waals surface area contributed by atoms with E-state index in [1.165, 1.54) is 11.3 Å². The van der Waals surface area contributed by atoms with Crippen molar-refractivity contribution in [2.45, 2.75) is 86.7 Å². The van der Waals surface area contributed by atoms with E-state index in [0.717, 1.165) is 30.4 Å². The molecule has 28 heavy (non-hydrogen) atoms. The van der Waals surface area contributed by atoms with Crippen LogP contribution >= 0.6 is 0 Å². The van der Waals surface area contributed by atoms with E-state index in [9.17, 15) is 15.0 Å². The van der Waals surface area contributed by atoms with E-state index in [2.05, 4.69) is 25.8 Å². The molecule has 2 unspecified atom stereocenters. The summed E-state index contributed by atoms with van der Waals surface area (Å²) in [4.78, 5) is 17.8. The summed E-state index contributed by atoms with van der Waals surface area (Å²) >= 11 is 0. The van der Waals surface area contributed by atoms with Crippen LogP contribution in [0.1, 0.15) is 81.1 Å². The maximum Gasteiger partial charge on any atom is 0.413 e. The zero-order valence-corrected chi connectivity index (χ0v) is 19.0. The van der Waals surface area contributed by atoms with Crippen molar-refractivity contribution in [3.8, 4) is 0 Å². The van der Waals surface area contributed by atoms with Gasteiger partial charge in [-0.1, -0.05) is 33.3 Å². The Morgan fingerprint density at radius 1 is 1.32 bits per heavy atom. The average Bonchev–Trinajstić information content (AvgIpc) is 2.53. The fraction of sp³-hybridized carbons (Fsp3) is 0.739. The van der Waals surface area contributed by atoms with E-state index >= 15 is 0 Å². The highest BCUT2D eigenvalue weighted by atomic mass is 16.4. The fourth-order valence-electron chi connectivity index (χ4n) is 4.62. The van der Waals surface area contributed by atoms with Crippen molar-refractivity contribution in [1.82, 2.24) is 4.90 Å². The molecule has 2 N–H and O–H groups in total. The molecule has 5 nitrogen and oxygen atoms in total. The van der Waals surface area contributed by atoms with Crippen LogP contribution in [-0.2, 0) is 0 Å². The molecule has 1 amide bonds. The van der Waals surface area contributed by atoms with Gasteiger partial charge >= 0.3 is 6.09 Å². The lowest BCUT2D eigenvalue weighted by molar-refractivity contribution is 0.100. The molecule has 0 aliphatic heterocycles. The summed E-state index contributed by atoms with van der Waals surface area (Å²) in [6.07, 6.45) is 6.41. The lowest BCUT2D eigenvalue weighted by Gasteiger charge is -2.40. The van der Waals surface area contributed by atoms with Gasteiger partial charge in [0.05, 0.1) is 5.60 Å². The van der Waals surface area contributed by atoms with E-state index < -0.39 is 11.7 Å². The molecular formula is C23H40N2O3. The van der Waals surface area contributed by atoms with Gasteiger partial charge in [-0.15, -0.1) is 0 Å². The number of rotatable bonds is 7. The number of aliphatic imine (C=N–C) groups is 1. The Balaban J connectivity index is 3.10. The Labute approximate surface area is 171 Å². The van der Waals surface area contributed by atoms with Gasteiger partial charge in [0.15, 0.2) is 0 Å². The quantitative estimate of drug-likeness (QED) is 0.533. The Morgan fingerprint density at radius 2 is 1.93 bits per heavy atom. The highest BCUT2D eigenvalue weighted by Crippen LogP contribution is 2.42. The van der Waals surface area contributed by atoms with Gasteiger partial charge in [-0.3, -0.25) is 4.90 Å². The number of hydrogen-bond acceptors (Lipinski definition) is 3. The molecule has 1 fully saturated rings. The maximum absolute atomic E-state index is 12.0. The summed E-state index contributed by atoms with van der Waals surface area (Å²) in [5.74, 6) is 1.33. The second kappa shape index (κ2) is 9.73. The standard InChI is InChI=1S/C23H40N2O3/c1-9-17(4)19(23(7,8)28)14-24-20(10-2)25(21(26)27)15-18-11-16(3)12-22(5,6)13-18/h10,14,16,18,28H,9,11-13,15H2,1-8H3,(H,26,27)/b19-17?,20-10?,24-14-. The van der Waals surface area contributed by atoms with Crippen LogP contribution in [0.5, 0.6) is 0 Å². The molecule has 1 saturated carbocycles. The second-order valence-corrected chi connectivity index (χ2v) is 9.68. The van der Waals surface area contributed by atoms with Crippen LogP contribution in [0, 0.1) is 17.3 Å². The van der Waals surface area contributed by atoms with Crippen molar-refractivity contribution < 1.29 is 15.0 Å². The first-order valence-electron chi connectivity index (χ1n) is 10.4. The predicted molar refractivity (Wildman–Crippen MR) is 117 cm³/mol. The summed E-state index contributed by atoms with van der Waals surface area (Å²) in [5.41, 5.74) is 0.976. The lowest BCUT2D eigenvalue weighted by atomic mass is 9.68. The van der Waals surface area contributed by atoms with Crippen molar-refractivity contribution in [3.63, 3.8) is 0 Å². The van der Waals surface area contributed by atoms with E-state index in [-0.39, 0.29) is 5.41 Å². The predicted octanol–water partition coefficient (Wildman–Crippen LogP) is 5.86. The molecule has 0 aromatic heterocycles. The number of aliphatic hydroxyl groups is 1. The number of carboxylic acid groups (broad SMARTS) is 1. The number of carbonyl (C=O) groups is 1. The van der Waals surface area contributed by atoms with Crippen LogP contribution in [0.25, 0.3) is 0 Å². The van der Waals surface area contributed by atoms with Crippen LogP contribution < -0.4 is 0 Å². The molecule has 0 aromatic carbocycles. The molecule has 160 valence electrons.